The second-order valence-corrected chi connectivity index (χ2v) is 4.39. The minimum Gasteiger partial charge on any atom is -0.493 e. The van der Waals surface area contributed by atoms with Gasteiger partial charge in [0.25, 0.3) is 0 Å². The van der Waals surface area contributed by atoms with E-state index in [0.717, 1.165) is 24.2 Å². The Morgan fingerprint density at radius 2 is 2.12 bits per heavy atom. The van der Waals surface area contributed by atoms with Gasteiger partial charge in [-0.1, -0.05) is 25.6 Å². The molecule has 1 atom stereocenters. The Bertz CT molecular complexity index is 393. The van der Waals surface area contributed by atoms with E-state index in [1.165, 1.54) is 0 Å². The Morgan fingerprint density at radius 1 is 1.41 bits per heavy atom. The summed E-state index contributed by atoms with van der Waals surface area (Å²) in [5, 5.41) is 0. The third kappa shape index (κ3) is 3.89. The molecule has 1 unspecified atom stereocenters. The lowest BCUT2D eigenvalue weighted by atomic mass is 10.2. The highest BCUT2D eigenvalue weighted by Gasteiger charge is 2.10. The third-order valence-electron chi connectivity index (χ3n) is 2.47. The Balaban J connectivity index is 2.88. The zero-order valence-electron chi connectivity index (χ0n) is 10.5. The quantitative estimate of drug-likeness (QED) is 0.792. The van der Waals surface area contributed by atoms with Gasteiger partial charge in [-0.05, 0) is 31.5 Å². The van der Waals surface area contributed by atoms with E-state index in [4.69, 9.17) is 27.4 Å². The van der Waals surface area contributed by atoms with E-state index in [1.807, 2.05) is 19.1 Å². The van der Waals surface area contributed by atoms with Crippen LogP contribution in [0.1, 0.15) is 32.3 Å². The Labute approximate surface area is 108 Å². The van der Waals surface area contributed by atoms with Crippen LogP contribution >= 0.6 is 12.2 Å². The highest BCUT2D eigenvalue weighted by atomic mass is 32.1. The predicted molar refractivity (Wildman–Crippen MR) is 73.9 cm³/mol. The minimum atomic E-state index is 0.171. The molecule has 0 heterocycles. The van der Waals surface area contributed by atoms with E-state index in [2.05, 4.69) is 6.92 Å². The van der Waals surface area contributed by atoms with Crippen LogP contribution < -0.4 is 15.2 Å². The third-order valence-corrected chi connectivity index (χ3v) is 2.71. The van der Waals surface area contributed by atoms with Gasteiger partial charge in [0.1, 0.15) is 4.99 Å². The predicted octanol–water partition coefficient (Wildman–Crippen LogP) is 2.90. The SMILES string of the molecule is CCCC(C)Oc1ccc(C(N)=S)cc1OC. The molecule has 0 saturated carbocycles. The monoisotopic (exact) mass is 253 g/mol. The highest BCUT2D eigenvalue weighted by molar-refractivity contribution is 7.80. The first kappa shape index (κ1) is 13.8. The first-order chi connectivity index (χ1) is 8.08. The fourth-order valence-electron chi connectivity index (χ4n) is 1.60. The van der Waals surface area contributed by atoms with Crippen LogP contribution in [0, 0.1) is 0 Å². The van der Waals surface area contributed by atoms with E-state index in [0.29, 0.717) is 10.7 Å². The molecule has 0 amide bonds. The molecule has 0 aromatic heterocycles. The summed E-state index contributed by atoms with van der Waals surface area (Å²) in [6.07, 6.45) is 2.28. The normalized spacial score (nSPS) is 11.9. The maximum Gasteiger partial charge on any atom is 0.161 e. The summed E-state index contributed by atoms with van der Waals surface area (Å²) < 4.78 is 11.1. The minimum absolute atomic E-state index is 0.171. The Morgan fingerprint density at radius 3 is 2.65 bits per heavy atom. The van der Waals surface area contributed by atoms with Crippen LogP contribution in [0.3, 0.4) is 0 Å². The molecule has 2 N–H and O–H groups in total. The molecule has 1 aromatic carbocycles. The fraction of sp³-hybridized carbons (Fsp3) is 0.462. The van der Waals surface area contributed by atoms with Crippen molar-refractivity contribution in [3.05, 3.63) is 23.8 Å². The maximum absolute atomic E-state index is 5.80. The van der Waals surface area contributed by atoms with Gasteiger partial charge in [0.2, 0.25) is 0 Å². The van der Waals surface area contributed by atoms with Crippen molar-refractivity contribution in [2.24, 2.45) is 5.73 Å². The number of ether oxygens (including phenoxy) is 2. The number of hydrogen-bond acceptors (Lipinski definition) is 3. The van der Waals surface area contributed by atoms with Gasteiger partial charge in [0.05, 0.1) is 13.2 Å². The van der Waals surface area contributed by atoms with Crippen LogP contribution in [0.2, 0.25) is 0 Å². The average molecular weight is 253 g/mol. The summed E-state index contributed by atoms with van der Waals surface area (Å²) in [6.45, 7) is 4.18. The molecule has 3 nitrogen and oxygen atoms in total. The Kier molecular flexibility index (Phi) is 5.22. The maximum atomic E-state index is 5.80. The molecule has 0 aliphatic carbocycles. The summed E-state index contributed by atoms with van der Waals surface area (Å²) in [5.74, 6) is 1.40. The van der Waals surface area contributed by atoms with Crippen molar-refractivity contribution in [2.75, 3.05) is 7.11 Å². The molecule has 0 bridgehead atoms. The van der Waals surface area contributed by atoms with E-state index in [9.17, 15) is 0 Å². The lowest BCUT2D eigenvalue weighted by Gasteiger charge is -2.16. The number of thiocarbonyl (C=S) groups is 1. The smallest absolute Gasteiger partial charge is 0.161 e. The molecule has 0 spiro atoms. The second-order valence-electron chi connectivity index (χ2n) is 3.95. The molecule has 0 saturated heterocycles. The molecule has 0 aliphatic rings. The number of benzene rings is 1. The van der Waals surface area contributed by atoms with E-state index < -0.39 is 0 Å². The molecular weight excluding hydrogens is 234 g/mol. The molecule has 94 valence electrons. The van der Waals surface area contributed by atoms with E-state index in [-0.39, 0.29) is 6.10 Å². The zero-order chi connectivity index (χ0) is 12.8. The van der Waals surface area contributed by atoms with Crippen molar-refractivity contribution in [3.63, 3.8) is 0 Å². The van der Waals surface area contributed by atoms with Crippen molar-refractivity contribution < 1.29 is 9.47 Å². The molecule has 1 rings (SSSR count). The van der Waals surface area contributed by atoms with E-state index >= 15 is 0 Å². The van der Waals surface area contributed by atoms with Crippen LogP contribution in [0.4, 0.5) is 0 Å². The van der Waals surface area contributed by atoms with Gasteiger partial charge < -0.3 is 15.2 Å². The second kappa shape index (κ2) is 6.45. The van der Waals surface area contributed by atoms with Crippen molar-refractivity contribution in [1.29, 1.82) is 0 Å². The molecule has 1 aromatic rings. The topological polar surface area (TPSA) is 44.5 Å². The van der Waals surface area contributed by atoms with Crippen LogP contribution in [-0.4, -0.2) is 18.2 Å². The summed E-state index contributed by atoms with van der Waals surface area (Å²) in [7, 11) is 1.61. The summed E-state index contributed by atoms with van der Waals surface area (Å²) in [5.41, 5.74) is 6.36. The van der Waals surface area contributed by atoms with Gasteiger partial charge in [-0.3, -0.25) is 0 Å². The lowest BCUT2D eigenvalue weighted by Crippen LogP contribution is -2.13. The zero-order valence-corrected chi connectivity index (χ0v) is 11.3. The van der Waals surface area contributed by atoms with Gasteiger partial charge in [0.15, 0.2) is 11.5 Å². The molecular formula is C13H19NO2S. The van der Waals surface area contributed by atoms with Gasteiger partial charge in [-0.15, -0.1) is 0 Å². The number of nitrogens with two attached hydrogens (primary N) is 1. The molecule has 4 heteroatoms. The van der Waals surface area contributed by atoms with Gasteiger partial charge in [0, 0.05) is 5.56 Å². The Hall–Kier alpha value is -1.29. The number of methoxy groups -OCH3 is 1. The van der Waals surface area contributed by atoms with Gasteiger partial charge in [-0.25, -0.2) is 0 Å². The summed E-state index contributed by atoms with van der Waals surface area (Å²) in [6, 6.07) is 5.49. The van der Waals surface area contributed by atoms with Gasteiger partial charge >= 0.3 is 0 Å². The first-order valence-electron chi connectivity index (χ1n) is 5.73. The number of rotatable bonds is 6. The van der Waals surface area contributed by atoms with Crippen molar-refractivity contribution in [1.82, 2.24) is 0 Å². The first-order valence-corrected chi connectivity index (χ1v) is 6.13. The molecule has 0 radical (unpaired) electrons. The van der Waals surface area contributed by atoms with Crippen molar-refractivity contribution in [3.8, 4) is 11.5 Å². The summed E-state index contributed by atoms with van der Waals surface area (Å²) in [4.78, 5) is 0.358. The van der Waals surface area contributed by atoms with Gasteiger partial charge in [-0.2, -0.15) is 0 Å². The van der Waals surface area contributed by atoms with Crippen LogP contribution in [0.15, 0.2) is 18.2 Å². The standard InChI is InChI=1S/C13H19NO2S/c1-4-5-9(2)16-11-7-6-10(13(14)17)8-12(11)15-3/h6-9H,4-5H2,1-3H3,(H2,14,17). The van der Waals surface area contributed by atoms with E-state index in [1.54, 1.807) is 13.2 Å². The van der Waals surface area contributed by atoms with Crippen LogP contribution in [-0.2, 0) is 0 Å². The molecule has 17 heavy (non-hydrogen) atoms. The fourth-order valence-corrected chi connectivity index (χ4v) is 1.73. The average Bonchev–Trinajstić information content (AvgIpc) is 2.29. The largest absolute Gasteiger partial charge is 0.493 e. The lowest BCUT2D eigenvalue weighted by molar-refractivity contribution is 0.201. The number of hydrogen-bond donors (Lipinski definition) is 1. The van der Waals surface area contributed by atoms with Crippen molar-refractivity contribution in [2.45, 2.75) is 32.8 Å². The van der Waals surface area contributed by atoms with Crippen LogP contribution in [0.5, 0.6) is 11.5 Å². The van der Waals surface area contributed by atoms with Crippen molar-refractivity contribution >= 4 is 17.2 Å². The summed E-state index contributed by atoms with van der Waals surface area (Å²) >= 11 is 4.92. The highest BCUT2D eigenvalue weighted by Crippen LogP contribution is 2.29. The molecule has 0 aliphatic heterocycles. The molecule has 0 fully saturated rings. The van der Waals surface area contributed by atoms with Crippen LogP contribution in [0.25, 0.3) is 0 Å².